The maximum Gasteiger partial charge on any atom is 0.0991 e. The molecule has 1 aliphatic rings. The van der Waals surface area contributed by atoms with Crippen LogP contribution < -0.4 is 0 Å². The first-order chi connectivity index (χ1) is 11.3. The fourth-order valence-corrected chi connectivity index (χ4v) is 3.33. The van der Waals surface area contributed by atoms with Gasteiger partial charge in [0.1, 0.15) is 0 Å². The van der Waals surface area contributed by atoms with Crippen LogP contribution in [0.3, 0.4) is 0 Å². The molecule has 0 atom stereocenters. The minimum absolute atomic E-state index is 0.656. The second kappa shape index (κ2) is 10.1. The highest BCUT2D eigenvalue weighted by atomic mass is 16.5. The summed E-state index contributed by atoms with van der Waals surface area (Å²) in [5.74, 6) is 1.36. The number of hydrogen-bond acceptors (Lipinski definition) is 2. The molecule has 23 heavy (non-hydrogen) atoms. The number of nitriles is 1. The van der Waals surface area contributed by atoms with Crippen LogP contribution in [0.15, 0.2) is 36.6 Å². The molecule has 1 aromatic carbocycles. The molecule has 2 nitrogen and oxygen atoms in total. The predicted octanol–water partition coefficient (Wildman–Crippen LogP) is 5.94. The molecule has 0 N–H and O–H groups in total. The van der Waals surface area contributed by atoms with Crippen LogP contribution in [-0.4, -0.2) is 6.61 Å². The maximum absolute atomic E-state index is 8.87. The van der Waals surface area contributed by atoms with E-state index in [-0.39, 0.29) is 0 Å². The third-order valence-corrected chi connectivity index (χ3v) is 4.86. The highest BCUT2D eigenvalue weighted by Crippen LogP contribution is 2.35. The Balaban J connectivity index is 1.64. The van der Waals surface area contributed by atoms with Gasteiger partial charge < -0.3 is 4.74 Å². The average molecular weight is 311 g/mol. The topological polar surface area (TPSA) is 33.0 Å². The molecule has 2 heteroatoms. The summed E-state index contributed by atoms with van der Waals surface area (Å²) >= 11 is 0. The second-order valence-electron chi connectivity index (χ2n) is 6.65. The molecule has 0 heterocycles. The first-order valence-corrected chi connectivity index (χ1v) is 9.10. The Hall–Kier alpha value is -1.75. The minimum Gasteiger partial charge on any atom is -0.501 e. The molecule has 0 saturated heterocycles. The van der Waals surface area contributed by atoms with Gasteiger partial charge in [0.25, 0.3) is 0 Å². The van der Waals surface area contributed by atoms with Gasteiger partial charge in [-0.05, 0) is 74.1 Å². The summed E-state index contributed by atoms with van der Waals surface area (Å²) in [5, 5.41) is 8.87. The van der Waals surface area contributed by atoms with Gasteiger partial charge in [0.2, 0.25) is 0 Å². The van der Waals surface area contributed by atoms with Crippen molar-refractivity contribution in [3.05, 3.63) is 47.7 Å². The standard InChI is InChI=1S/C21H29NO/c1-2-3-4-5-6-15-23-17-19-9-13-21(14-10-19)20-11-7-18(16-22)8-12-20/h6-8,11-12,15,19,21H,2-5,9-10,13-14,17H2,1H3. The number of nitrogens with zero attached hydrogens (tertiary/aromatic N) is 1. The lowest BCUT2D eigenvalue weighted by molar-refractivity contribution is 0.159. The highest BCUT2D eigenvalue weighted by molar-refractivity contribution is 5.33. The molecule has 1 aliphatic carbocycles. The number of benzene rings is 1. The molecular weight excluding hydrogens is 282 g/mol. The Kier molecular flexibility index (Phi) is 7.73. The van der Waals surface area contributed by atoms with Crippen LogP contribution in [0, 0.1) is 17.2 Å². The summed E-state index contributed by atoms with van der Waals surface area (Å²) in [5.41, 5.74) is 2.14. The van der Waals surface area contributed by atoms with Gasteiger partial charge in [0.05, 0.1) is 24.5 Å². The Morgan fingerprint density at radius 1 is 1.13 bits per heavy atom. The second-order valence-corrected chi connectivity index (χ2v) is 6.65. The largest absolute Gasteiger partial charge is 0.501 e. The van der Waals surface area contributed by atoms with Crippen molar-refractivity contribution in [1.82, 2.24) is 0 Å². The van der Waals surface area contributed by atoms with E-state index in [1.807, 2.05) is 18.4 Å². The van der Waals surface area contributed by atoms with Crippen LogP contribution in [0.1, 0.15) is 75.3 Å². The van der Waals surface area contributed by atoms with Crippen LogP contribution in [0.2, 0.25) is 0 Å². The Labute approximate surface area is 141 Å². The lowest BCUT2D eigenvalue weighted by atomic mass is 9.79. The normalized spacial score (nSPS) is 21.2. The van der Waals surface area contributed by atoms with Crippen LogP contribution in [0.5, 0.6) is 0 Å². The monoisotopic (exact) mass is 311 g/mol. The highest BCUT2D eigenvalue weighted by Gasteiger charge is 2.22. The van der Waals surface area contributed by atoms with Gasteiger partial charge in [-0.15, -0.1) is 0 Å². The molecule has 0 amide bonds. The van der Waals surface area contributed by atoms with Crippen LogP contribution in [-0.2, 0) is 4.74 Å². The fourth-order valence-electron chi connectivity index (χ4n) is 3.33. The molecule has 1 saturated carbocycles. The zero-order valence-corrected chi connectivity index (χ0v) is 14.3. The predicted molar refractivity (Wildman–Crippen MR) is 95.1 cm³/mol. The summed E-state index contributed by atoms with van der Waals surface area (Å²) in [6.45, 7) is 3.10. The van der Waals surface area contributed by atoms with Crippen molar-refractivity contribution in [3.63, 3.8) is 0 Å². The van der Waals surface area contributed by atoms with E-state index < -0.39 is 0 Å². The molecule has 0 aliphatic heterocycles. The summed E-state index contributed by atoms with van der Waals surface area (Å²) < 4.78 is 5.71. The van der Waals surface area contributed by atoms with E-state index in [9.17, 15) is 0 Å². The molecule has 1 aromatic rings. The van der Waals surface area contributed by atoms with Gasteiger partial charge in [-0.1, -0.05) is 31.9 Å². The van der Waals surface area contributed by atoms with Gasteiger partial charge in [-0.2, -0.15) is 5.26 Å². The Morgan fingerprint density at radius 2 is 1.87 bits per heavy atom. The molecular formula is C21H29NO. The first-order valence-electron chi connectivity index (χ1n) is 9.10. The van der Waals surface area contributed by atoms with Crippen molar-refractivity contribution in [2.75, 3.05) is 6.61 Å². The van der Waals surface area contributed by atoms with Crippen molar-refractivity contribution < 1.29 is 4.74 Å². The molecule has 0 radical (unpaired) electrons. The van der Waals surface area contributed by atoms with E-state index in [2.05, 4.69) is 31.2 Å². The van der Waals surface area contributed by atoms with E-state index in [0.29, 0.717) is 11.8 Å². The van der Waals surface area contributed by atoms with E-state index in [4.69, 9.17) is 10.00 Å². The Morgan fingerprint density at radius 3 is 2.52 bits per heavy atom. The molecule has 1 fully saturated rings. The zero-order valence-electron chi connectivity index (χ0n) is 14.3. The van der Waals surface area contributed by atoms with Crippen molar-refractivity contribution in [3.8, 4) is 6.07 Å². The van der Waals surface area contributed by atoms with E-state index >= 15 is 0 Å². The summed E-state index contributed by atoms with van der Waals surface area (Å²) in [6.07, 6.45) is 14.0. The number of unbranched alkanes of at least 4 members (excludes halogenated alkanes) is 3. The lowest BCUT2D eigenvalue weighted by Gasteiger charge is -2.28. The third-order valence-electron chi connectivity index (χ3n) is 4.86. The summed E-state index contributed by atoms with van der Waals surface area (Å²) in [4.78, 5) is 0. The van der Waals surface area contributed by atoms with E-state index in [0.717, 1.165) is 18.6 Å². The molecule has 124 valence electrons. The number of hydrogen-bond donors (Lipinski definition) is 0. The first kappa shape index (κ1) is 17.6. The van der Waals surface area contributed by atoms with Crippen molar-refractivity contribution in [1.29, 1.82) is 5.26 Å². The van der Waals surface area contributed by atoms with Crippen LogP contribution in [0.25, 0.3) is 0 Å². The van der Waals surface area contributed by atoms with E-state index in [1.54, 1.807) is 0 Å². The van der Waals surface area contributed by atoms with Crippen molar-refractivity contribution in [2.45, 2.75) is 64.2 Å². The van der Waals surface area contributed by atoms with Crippen LogP contribution in [0.4, 0.5) is 0 Å². The zero-order chi connectivity index (χ0) is 16.3. The lowest BCUT2D eigenvalue weighted by Crippen LogP contribution is -2.17. The number of rotatable bonds is 8. The van der Waals surface area contributed by atoms with E-state index in [1.165, 1.54) is 50.5 Å². The van der Waals surface area contributed by atoms with Crippen molar-refractivity contribution >= 4 is 0 Å². The summed E-state index contributed by atoms with van der Waals surface area (Å²) in [7, 11) is 0. The third kappa shape index (κ3) is 6.10. The molecule has 0 unspecified atom stereocenters. The van der Waals surface area contributed by atoms with Gasteiger partial charge in [0, 0.05) is 0 Å². The average Bonchev–Trinajstić information content (AvgIpc) is 2.61. The number of ether oxygens (including phenoxy) is 1. The Bertz CT molecular complexity index is 504. The van der Waals surface area contributed by atoms with Crippen LogP contribution >= 0.6 is 0 Å². The maximum atomic E-state index is 8.87. The van der Waals surface area contributed by atoms with Gasteiger partial charge in [-0.3, -0.25) is 0 Å². The minimum atomic E-state index is 0.656. The van der Waals surface area contributed by atoms with Gasteiger partial charge in [-0.25, -0.2) is 0 Å². The molecule has 2 rings (SSSR count). The summed E-state index contributed by atoms with van der Waals surface area (Å²) in [6, 6.07) is 10.3. The molecule has 0 spiro atoms. The molecule has 0 bridgehead atoms. The fraction of sp³-hybridized carbons (Fsp3) is 0.571. The number of allylic oxidation sites excluding steroid dienone is 1. The van der Waals surface area contributed by atoms with Crippen molar-refractivity contribution in [2.24, 2.45) is 5.92 Å². The quantitative estimate of drug-likeness (QED) is 0.439. The smallest absolute Gasteiger partial charge is 0.0991 e. The SMILES string of the molecule is CCCCCC=COCC1CCC(c2ccc(C#N)cc2)CC1. The molecule has 0 aromatic heterocycles. The van der Waals surface area contributed by atoms with Gasteiger partial charge in [0.15, 0.2) is 0 Å². The van der Waals surface area contributed by atoms with Gasteiger partial charge >= 0.3 is 0 Å².